The third-order valence-electron chi connectivity index (χ3n) is 2.31. The van der Waals surface area contributed by atoms with E-state index in [0.717, 1.165) is 10.6 Å². The first-order valence-electron chi connectivity index (χ1n) is 4.63. The molecule has 1 aliphatic rings. The quantitative estimate of drug-likeness (QED) is 0.823. The van der Waals surface area contributed by atoms with Crippen LogP contribution in [0.1, 0.15) is 31.4 Å². The van der Waals surface area contributed by atoms with E-state index in [0.29, 0.717) is 6.04 Å². The van der Waals surface area contributed by atoms with Gasteiger partial charge in [0, 0.05) is 18.3 Å². The largest absolute Gasteiger partial charge is 0.307 e. The molecule has 0 radical (unpaired) electrons. The number of nitrogens with one attached hydrogen (secondary N) is 1. The Morgan fingerprint density at radius 1 is 1.54 bits per heavy atom. The predicted molar refractivity (Wildman–Crippen MR) is 56.5 cm³/mol. The van der Waals surface area contributed by atoms with E-state index in [1.807, 2.05) is 12.3 Å². The molecule has 0 aromatic carbocycles. The Kier molecular flexibility index (Phi) is 2.65. The molecule has 1 atom stereocenters. The fourth-order valence-electron chi connectivity index (χ4n) is 1.34. The number of hydrogen-bond acceptors (Lipinski definition) is 2. The molecule has 0 spiro atoms. The summed E-state index contributed by atoms with van der Waals surface area (Å²) in [6.45, 7) is 2.18. The maximum absolute atomic E-state index is 4.20. The number of halogens is 1. The van der Waals surface area contributed by atoms with E-state index in [1.165, 1.54) is 18.4 Å². The maximum atomic E-state index is 4.20. The van der Waals surface area contributed by atoms with Gasteiger partial charge in [-0.05, 0) is 47.3 Å². The molecule has 1 fully saturated rings. The molecule has 1 aliphatic carbocycles. The topological polar surface area (TPSA) is 24.9 Å². The molecule has 2 nitrogen and oxygen atoms in total. The molecule has 0 bridgehead atoms. The van der Waals surface area contributed by atoms with Crippen molar-refractivity contribution in [1.82, 2.24) is 10.3 Å². The van der Waals surface area contributed by atoms with Gasteiger partial charge in [-0.1, -0.05) is 6.07 Å². The average Bonchev–Trinajstić information content (AvgIpc) is 2.89. The Morgan fingerprint density at radius 2 is 2.31 bits per heavy atom. The van der Waals surface area contributed by atoms with Crippen LogP contribution in [0.2, 0.25) is 0 Å². The number of rotatable bonds is 3. The molecule has 70 valence electrons. The zero-order valence-electron chi connectivity index (χ0n) is 7.63. The first-order valence-corrected chi connectivity index (χ1v) is 5.42. The second kappa shape index (κ2) is 3.76. The zero-order valence-corrected chi connectivity index (χ0v) is 9.21. The van der Waals surface area contributed by atoms with E-state index in [4.69, 9.17) is 0 Å². The van der Waals surface area contributed by atoms with Gasteiger partial charge in [-0.3, -0.25) is 0 Å². The van der Waals surface area contributed by atoms with Crippen LogP contribution in [0.15, 0.2) is 22.9 Å². The van der Waals surface area contributed by atoms with Crippen LogP contribution in [0.4, 0.5) is 0 Å². The van der Waals surface area contributed by atoms with Crippen molar-refractivity contribution in [3.8, 4) is 0 Å². The van der Waals surface area contributed by atoms with Crippen LogP contribution in [0.5, 0.6) is 0 Å². The van der Waals surface area contributed by atoms with Gasteiger partial charge in [0.15, 0.2) is 0 Å². The van der Waals surface area contributed by atoms with Crippen molar-refractivity contribution in [1.29, 1.82) is 0 Å². The standard InChI is InChI=1S/C10H13BrN2/c1-7(13-9-3-4-9)8-2-5-10(11)12-6-8/h2,5-7,9,13H,3-4H2,1H3. The number of pyridine rings is 1. The molecule has 0 amide bonds. The van der Waals surface area contributed by atoms with E-state index in [-0.39, 0.29) is 0 Å². The summed E-state index contributed by atoms with van der Waals surface area (Å²) in [6.07, 6.45) is 4.58. The Labute approximate surface area is 86.9 Å². The highest BCUT2D eigenvalue weighted by molar-refractivity contribution is 9.10. The van der Waals surface area contributed by atoms with E-state index in [1.54, 1.807) is 0 Å². The monoisotopic (exact) mass is 240 g/mol. The molecule has 3 heteroatoms. The number of nitrogens with zero attached hydrogens (tertiary/aromatic N) is 1. The molecule has 1 N–H and O–H groups in total. The van der Waals surface area contributed by atoms with Crippen molar-refractivity contribution in [2.75, 3.05) is 0 Å². The first kappa shape index (κ1) is 9.16. The normalized spacial score (nSPS) is 18.6. The molecule has 1 saturated carbocycles. The third-order valence-corrected chi connectivity index (χ3v) is 2.78. The summed E-state index contributed by atoms with van der Waals surface area (Å²) < 4.78 is 0.898. The van der Waals surface area contributed by atoms with Gasteiger partial charge in [0.25, 0.3) is 0 Å². The number of hydrogen-bond donors (Lipinski definition) is 1. The second-order valence-electron chi connectivity index (χ2n) is 3.58. The van der Waals surface area contributed by atoms with Crippen LogP contribution in [0.3, 0.4) is 0 Å². The molecule has 2 rings (SSSR count). The van der Waals surface area contributed by atoms with Gasteiger partial charge in [0.1, 0.15) is 4.60 Å². The van der Waals surface area contributed by atoms with Crippen molar-refractivity contribution in [3.05, 3.63) is 28.5 Å². The highest BCUT2D eigenvalue weighted by atomic mass is 79.9. The van der Waals surface area contributed by atoms with Gasteiger partial charge in [-0.2, -0.15) is 0 Å². The van der Waals surface area contributed by atoms with E-state index in [9.17, 15) is 0 Å². The SMILES string of the molecule is CC(NC1CC1)c1ccc(Br)nc1. The van der Waals surface area contributed by atoms with E-state index < -0.39 is 0 Å². The third kappa shape index (κ3) is 2.51. The van der Waals surface area contributed by atoms with Crippen LogP contribution in [-0.4, -0.2) is 11.0 Å². The van der Waals surface area contributed by atoms with E-state index in [2.05, 4.69) is 39.2 Å². The summed E-state index contributed by atoms with van der Waals surface area (Å²) in [5, 5.41) is 3.53. The minimum Gasteiger partial charge on any atom is -0.307 e. The Morgan fingerprint density at radius 3 is 2.85 bits per heavy atom. The lowest BCUT2D eigenvalue weighted by molar-refractivity contribution is 0.569. The van der Waals surface area contributed by atoms with Crippen molar-refractivity contribution in [3.63, 3.8) is 0 Å². The molecular formula is C10H13BrN2. The molecule has 1 unspecified atom stereocenters. The summed E-state index contributed by atoms with van der Waals surface area (Å²) in [5.74, 6) is 0. The Balaban J connectivity index is 2.01. The smallest absolute Gasteiger partial charge is 0.106 e. The van der Waals surface area contributed by atoms with Crippen molar-refractivity contribution in [2.45, 2.75) is 31.8 Å². The van der Waals surface area contributed by atoms with Crippen LogP contribution in [0.25, 0.3) is 0 Å². The van der Waals surface area contributed by atoms with Crippen molar-refractivity contribution < 1.29 is 0 Å². The van der Waals surface area contributed by atoms with Gasteiger partial charge < -0.3 is 5.32 Å². The maximum Gasteiger partial charge on any atom is 0.106 e. The van der Waals surface area contributed by atoms with E-state index >= 15 is 0 Å². The molecule has 1 heterocycles. The highest BCUT2D eigenvalue weighted by Gasteiger charge is 2.23. The van der Waals surface area contributed by atoms with Crippen LogP contribution >= 0.6 is 15.9 Å². The summed E-state index contributed by atoms with van der Waals surface area (Å²) in [6, 6.07) is 5.27. The van der Waals surface area contributed by atoms with Crippen molar-refractivity contribution >= 4 is 15.9 Å². The first-order chi connectivity index (χ1) is 6.25. The average molecular weight is 241 g/mol. The van der Waals surface area contributed by atoms with Crippen molar-refractivity contribution in [2.24, 2.45) is 0 Å². The molecule has 1 aromatic heterocycles. The lowest BCUT2D eigenvalue weighted by Crippen LogP contribution is -2.20. The van der Waals surface area contributed by atoms with Crippen LogP contribution in [-0.2, 0) is 0 Å². The molecule has 1 aromatic rings. The van der Waals surface area contributed by atoms with Gasteiger partial charge in [-0.15, -0.1) is 0 Å². The summed E-state index contributed by atoms with van der Waals surface area (Å²) in [7, 11) is 0. The highest BCUT2D eigenvalue weighted by Crippen LogP contribution is 2.23. The lowest BCUT2D eigenvalue weighted by Gasteiger charge is -2.12. The second-order valence-corrected chi connectivity index (χ2v) is 4.39. The van der Waals surface area contributed by atoms with Gasteiger partial charge in [-0.25, -0.2) is 4.98 Å². The molecular weight excluding hydrogens is 228 g/mol. The van der Waals surface area contributed by atoms with Gasteiger partial charge >= 0.3 is 0 Å². The fraction of sp³-hybridized carbons (Fsp3) is 0.500. The molecule has 0 saturated heterocycles. The summed E-state index contributed by atoms with van der Waals surface area (Å²) >= 11 is 3.33. The van der Waals surface area contributed by atoms with Crippen LogP contribution < -0.4 is 5.32 Å². The van der Waals surface area contributed by atoms with Gasteiger partial charge in [0.05, 0.1) is 0 Å². The number of aromatic nitrogens is 1. The fourth-order valence-corrected chi connectivity index (χ4v) is 1.58. The molecule has 13 heavy (non-hydrogen) atoms. The Hall–Kier alpha value is -0.410. The minimum atomic E-state index is 0.424. The summed E-state index contributed by atoms with van der Waals surface area (Å²) in [5.41, 5.74) is 1.26. The summed E-state index contributed by atoms with van der Waals surface area (Å²) in [4.78, 5) is 4.20. The Bertz CT molecular complexity index is 279. The zero-order chi connectivity index (χ0) is 9.26. The lowest BCUT2D eigenvalue weighted by atomic mass is 10.1. The van der Waals surface area contributed by atoms with Gasteiger partial charge in [0.2, 0.25) is 0 Å². The van der Waals surface area contributed by atoms with Crippen LogP contribution in [0, 0.1) is 0 Å². The molecule has 0 aliphatic heterocycles. The minimum absolute atomic E-state index is 0.424. The predicted octanol–water partition coefficient (Wildman–Crippen LogP) is 2.66.